The monoisotopic (exact) mass is 632 g/mol. The second-order valence-corrected chi connectivity index (χ2v) is 11.6. The first-order valence-electron chi connectivity index (χ1n) is 15.1. The van der Waals surface area contributed by atoms with Crippen molar-refractivity contribution in [3.05, 3.63) is 135 Å². The SMILES string of the molecule is Cc1c(COc2cc(OCc3cncc(C#N)c3)c(CNCO)cc2Cl)cccc1-c1cccc(-c2cccc(C(C)N)c2)c1C. The van der Waals surface area contributed by atoms with Crippen LogP contribution in [0.3, 0.4) is 0 Å². The van der Waals surface area contributed by atoms with Gasteiger partial charge >= 0.3 is 0 Å². The molecule has 0 aliphatic heterocycles. The van der Waals surface area contributed by atoms with Gasteiger partial charge in [-0.3, -0.25) is 10.3 Å². The fourth-order valence-electron chi connectivity index (χ4n) is 5.46. The maximum Gasteiger partial charge on any atom is 0.142 e. The number of aliphatic hydroxyl groups excluding tert-OH is 1. The number of aliphatic hydroxyl groups is 1. The van der Waals surface area contributed by atoms with E-state index in [1.54, 1.807) is 24.4 Å². The lowest BCUT2D eigenvalue weighted by molar-refractivity contribution is 0.255. The van der Waals surface area contributed by atoms with E-state index in [0.717, 1.165) is 44.5 Å². The first kappa shape index (κ1) is 32.7. The number of hydrogen-bond donors (Lipinski definition) is 3. The van der Waals surface area contributed by atoms with E-state index < -0.39 is 0 Å². The van der Waals surface area contributed by atoms with Gasteiger partial charge in [-0.2, -0.15) is 5.26 Å². The zero-order chi connectivity index (χ0) is 32.6. The van der Waals surface area contributed by atoms with Gasteiger partial charge in [0, 0.05) is 42.2 Å². The molecule has 0 aliphatic rings. The highest BCUT2D eigenvalue weighted by Crippen LogP contribution is 2.37. The van der Waals surface area contributed by atoms with Crippen LogP contribution in [0.4, 0.5) is 0 Å². The van der Waals surface area contributed by atoms with E-state index >= 15 is 0 Å². The molecule has 7 nitrogen and oxygen atoms in total. The average Bonchev–Trinajstić information content (AvgIpc) is 3.07. The number of rotatable bonds is 12. The van der Waals surface area contributed by atoms with E-state index in [9.17, 15) is 10.4 Å². The van der Waals surface area contributed by atoms with Gasteiger partial charge in [-0.15, -0.1) is 0 Å². The van der Waals surface area contributed by atoms with Crippen LogP contribution in [0.15, 0.2) is 91.3 Å². The molecule has 1 unspecified atom stereocenters. The predicted octanol–water partition coefficient (Wildman–Crippen LogP) is 7.77. The molecule has 0 aliphatic carbocycles. The molecule has 0 fully saturated rings. The minimum absolute atomic E-state index is 0.0364. The van der Waals surface area contributed by atoms with Crippen LogP contribution in [0, 0.1) is 25.2 Å². The van der Waals surface area contributed by atoms with Crippen LogP contribution in [0.2, 0.25) is 5.02 Å². The summed E-state index contributed by atoms with van der Waals surface area (Å²) in [5.74, 6) is 1.03. The molecule has 0 saturated heterocycles. The van der Waals surface area contributed by atoms with Gasteiger partial charge in [0.15, 0.2) is 0 Å². The number of nitrogens with two attached hydrogens (primary N) is 1. The molecule has 0 spiro atoms. The van der Waals surface area contributed by atoms with Gasteiger partial charge in [-0.25, -0.2) is 0 Å². The molecule has 1 aromatic heterocycles. The van der Waals surface area contributed by atoms with Crippen LogP contribution in [-0.2, 0) is 19.8 Å². The Morgan fingerprint density at radius 3 is 2.35 bits per heavy atom. The average molecular weight is 633 g/mol. The smallest absolute Gasteiger partial charge is 0.142 e. The number of ether oxygens (including phenoxy) is 2. The van der Waals surface area contributed by atoms with Crippen molar-refractivity contribution in [1.29, 1.82) is 5.26 Å². The quantitative estimate of drug-likeness (QED) is 0.120. The summed E-state index contributed by atoms with van der Waals surface area (Å²) < 4.78 is 12.4. The number of benzene rings is 4. The second-order valence-electron chi connectivity index (χ2n) is 11.2. The summed E-state index contributed by atoms with van der Waals surface area (Å²) in [6.45, 7) is 6.92. The minimum atomic E-state index is -0.194. The lowest BCUT2D eigenvalue weighted by Crippen LogP contribution is -2.15. The Labute approximate surface area is 275 Å². The van der Waals surface area contributed by atoms with Crippen LogP contribution < -0.4 is 20.5 Å². The summed E-state index contributed by atoms with van der Waals surface area (Å²) in [6.07, 6.45) is 3.16. The fourth-order valence-corrected chi connectivity index (χ4v) is 5.70. The predicted molar refractivity (Wildman–Crippen MR) is 182 cm³/mol. The number of nitriles is 1. The van der Waals surface area contributed by atoms with Gasteiger partial charge in [0.2, 0.25) is 0 Å². The van der Waals surface area contributed by atoms with Crippen molar-refractivity contribution in [2.75, 3.05) is 6.73 Å². The van der Waals surface area contributed by atoms with Crippen molar-refractivity contribution in [3.63, 3.8) is 0 Å². The number of nitrogens with one attached hydrogen (secondary N) is 1. The number of halogens is 1. The van der Waals surface area contributed by atoms with Crippen molar-refractivity contribution < 1.29 is 14.6 Å². The summed E-state index contributed by atoms with van der Waals surface area (Å²) in [6, 6.07) is 28.4. The van der Waals surface area contributed by atoms with Gasteiger partial charge < -0.3 is 20.3 Å². The molecule has 5 rings (SSSR count). The lowest BCUT2D eigenvalue weighted by Gasteiger charge is -2.18. The van der Waals surface area contributed by atoms with Crippen LogP contribution in [0.1, 0.15) is 51.9 Å². The molecule has 4 aromatic carbocycles. The summed E-state index contributed by atoms with van der Waals surface area (Å²) in [5.41, 5.74) is 17.2. The Morgan fingerprint density at radius 2 is 1.59 bits per heavy atom. The molecule has 234 valence electrons. The van der Waals surface area contributed by atoms with Gasteiger partial charge in [0.25, 0.3) is 0 Å². The van der Waals surface area contributed by atoms with E-state index in [0.29, 0.717) is 35.2 Å². The number of pyridine rings is 1. The Bertz CT molecular complexity index is 1880. The number of hydrogen-bond acceptors (Lipinski definition) is 7. The zero-order valence-electron chi connectivity index (χ0n) is 26.2. The molecule has 0 amide bonds. The molecular formula is C38H37ClN4O3. The standard InChI is InChI=1S/C38H37ClN4O3/c1-24-31(9-5-11-34(24)35-12-6-10-33(25(35)2)30-8-4-7-29(14-30)26(3)41)22-46-38-16-37(32(15-36(38)39)20-43-23-44)45-21-28-13-27(17-40)18-42-19-28/h4-16,18-19,26,43-44H,20-23,41H2,1-3H3. The van der Waals surface area contributed by atoms with Crippen LogP contribution >= 0.6 is 11.6 Å². The third-order valence-corrected chi connectivity index (χ3v) is 8.33. The van der Waals surface area contributed by atoms with E-state index in [2.05, 4.69) is 84.8 Å². The summed E-state index contributed by atoms with van der Waals surface area (Å²) in [4.78, 5) is 4.11. The lowest BCUT2D eigenvalue weighted by atomic mass is 9.89. The number of nitrogens with zero attached hydrogens (tertiary/aromatic N) is 2. The molecule has 46 heavy (non-hydrogen) atoms. The van der Waals surface area contributed by atoms with Crippen molar-refractivity contribution in [2.45, 2.75) is 46.6 Å². The van der Waals surface area contributed by atoms with Crippen molar-refractivity contribution in [1.82, 2.24) is 10.3 Å². The summed E-state index contributed by atoms with van der Waals surface area (Å²) in [5, 5.41) is 21.9. The Balaban J connectivity index is 1.40. The molecule has 8 heteroatoms. The van der Waals surface area contributed by atoms with Crippen molar-refractivity contribution in [2.24, 2.45) is 5.73 Å². The summed E-state index contributed by atoms with van der Waals surface area (Å²) >= 11 is 6.67. The highest BCUT2D eigenvalue weighted by Gasteiger charge is 2.15. The molecule has 4 N–H and O–H groups in total. The third kappa shape index (κ3) is 7.56. The van der Waals surface area contributed by atoms with E-state index in [1.165, 1.54) is 17.3 Å². The molecule has 0 saturated carbocycles. The maximum atomic E-state index is 9.32. The minimum Gasteiger partial charge on any atom is -0.488 e. The van der Waals surface area contributed by atoms with Gasteiger partial charge in [0.1, 0.15) is 30.8 Å². The van der Waals surface area contributed by atoms with Gasteiger partial charge in [-0.1, -0.05) is 66.2 Å². The topological polar surface area (TPSA) is 113 Å². The zero-order valence-corrected chi connectivity index (χ0v) is 26.9. The second kappa shape index (κ2) is 15.0. The van der Waals surface area contributed by atoms with E-state index in [-0.39, 0.29) is 19.4 Å². The molecule has 1 atom stereocenters. The van der Waals surface area contributed by atoms with Crippen molar-refractivity contribution in [3.8, 4) is 39.8 Å². The van der Waals surface area contributed by atoms with Crippen molar-refractivity contribution >= 4 is 11.6 Å². The fraction of sp³-hybridized carbons (Fsp3) is 0.211. The van der Waals surface area contributed by atoms with Crippen LogP contribution in [-0.4, -0.2) is 16.8 Å². The van der Waals surface area contributed by atoms with Gasteiger partial charge in [0.05, 0.1) is 17.3 Å². The van der Waals surface area contributed by atoms with E-state index in [1.807, 2.05) is 13.0 Å². The first-order chi connectivity index (χ1) is 22.3. The highest BCUT2D eigenvalue weighted by molar-refractivity contribution is 6.32. The Morgan fingerprint density at radius 1 is 0.870 bits per heavy atom. The highest BCUT2D eigenvalue weighted by atomic mass is 35.5. The molecule has 0 bridgehead atoms. The molecular weight excluding hydrogens is 596 g/mol. The molecule has 1 heterocycles. The summed E-state index contributed by atoms with van der Waals surface area (Å²) in [7, 11) is 0. The largest absolute Gasteiger partial charge is 0.488 e. The maximum absolute atomic E-state index is 9.32. The molecule has 0 radical (unpaired) electrons. The normalized spacial score (nSPS) is 11.6. The Hall–Kier alpha value is -4.71. The van der Waals surface area contributed by atoms with E-state index in [4.69, 9.17) is 26.8 Å². The molecule has 5 aromatic rings. The third-order valence-electron chi connectivity index (χ3n) is 8.04. The number of aromatic nitrogens is 1. The van der Waals surface area contributed by atoms with Gasteiger partial charge in [-0.05, 0) is 83.5 Å². The van der Waals surface area contributed by atoms with Crippen LogP contribution in [0.5, 0.6) is 11.5 Å². The van der Waals surface area contributed by atoms with Crippen LogP contribution in [0.25, 0.3) is 22.3 Å². The Kier molecular flexibility index (Phi) is 10.7. The first-order valence-corrected chi connectivity index (χ1v) is 15.4.